The zero-order valence-corrected chi connectivity index (χ0v) is 21.2. The average Bonchev–Trinajstić information content (AvgIpc) is 3.52. The maximum atomic E-state index is 13.1. The van der Waals surface area contributed by atoms with Crippen LogP contribution in [-0.4, -0.2) is 54.0 Å². The van der Waals surface area contributed by atoms with Gasteiger partial charge in [-0.1, -0.05) is 25.1 Å². The number of ether oxygens (including phenoxy) is 1. The first-order valence-corrected chi connectivity index (χ1v) is 12.3. The molecule has 1 aliphatic heterocycles. The van der Waals surface area contributed by atoms with Crippen LogP contribution in [0, 0.1) is 0 Å². The molecule has 186 valence electrons. The second kappa shape index (κ2) is 9.66. The monoisotopic (exact) mass is 484 g/mol. The van der Waals surface area contributed by atoms with Crippen LogP contribution in [-0.2, 0) is 16.1 Å². The molecule has 7 heteroatoms. The van der Waals surface area contributed by atoms with Gasteiger partial charge in [-0.15, -0.1) is 0 Å². The molecule has 2 amide bonds. The van der Waals surface area contributed by atoms with Crippen LogP contribution in [0.25, 0.3) is 27.4 Å². The van der Waals surface area contributed by atoms with Gasteiger partial charge in [-0.3, -0.25) is 14.9 Å². The molecular formula is C29H32N4O3. The molecule has 0 aliphatic carbocycles. The van der Waals surface area contributed by atoms with E-state index in [2.05, 4.69) is 46.9 Å². The van der Waals surface area contributed by atoms with Crippen LogP contribution in [0.1, 0.15) is 36.8 Å². The van der Waals surface area contributed by atoms with Gasteiger partial charge in [-0.05, 0) is 69.2 Å². The molecule has 0 fully saturated rings. The van der Waals surface area contributed by atoms with Crippen molar-refractivity contribution in [3.63, 3.8) is 0 Å². The number of nitrogens with zero attached hydrogens (tertiary/aromatic N) is 2. The Hall–Kier alpha value is -3.84. The summed E-state index contributed by atoms with van der Waals surface area (Å²) in [5, 5.41) is 4.61. The van der Waals surface area contributed by atoms with E-state index in [0.717, 1.165) is 52.4 Å². The Balaban J connectivity index is 1.58. The number of nitrogens with one attached hydrogen (secondary N) is 2. The third-order valence-corrected chi connectivity index (χ3v) is 7.05. The summed E-state index contributed by atoms with van der Waals surface area (Å²) in [7, 11) is 5.75. The van der Waals surface area contributed by atoms with Crippen molar-refractivity contribution in [1.29, 1.82) is 0 Å². The average molecular weight is 485 g/mol. The Morgan fingerprint density at radius 2 is 1.86 bits per heavy atom. The number of aromatic nitrogens is 2. The largest absolute Gasteiger partial charge is 0.497 e. The smallest absolute Gasteiger partial charge is 0.259 e. The molecule has 0 spiro atoms. The molecule has 0 radical (unpaired) electrons. The standard InChI is InChI=1S/C29H32N4O3/c1-18(23-16-30-25-9-6-5-8-20(23)25)14-22-27(29(35)31-28(22)34)24-17-33(13-7-12-32(2)3)26-11-10-19(36-4)15-21(24)26/h5-6,8-11,15-18,30H,7,12-14H2,1-4H3,(H,31,34,35). The highest BCUT2D eigenvalue weighted by Crippen LogP contribution is 2.38. The number of amides is 2. The van der Waals surface area contributed by atoms with E-state index in [1.807, 2.05) is 48.8 Å². The fourth-order valence-electron chi connectivity index (χ4n) is 5.23. The molecule has 5 rings (SSSR count). The summed E-state index contributed by atoms with van der Waals surface area (Å²) >= 11 is 0. The minimum Gasteiger partial charge on any atom is -0.497 e. The predicted octanol–water partition coefficient (Wildman–Crippen LogP) is 4.69. The number of rotatable bonds is 9. The highest BCUT2D eigenvalue weighted by atomic mass is 16.5. The van der Waals surface area contributed by atoms with Gasteiger partial charge in [-0.2, -0.15) is 0 Å². The highest BCUT2D eigenvalue weighted by Gasteiger charge is 2.34. The van der Waals surface area contributed by atoms with Crippen LogP contribution in [0.3, 0.4) is 0 Å². The maximum Gasteiger partial charge on any atom is 0.259 e. The summed E-state index contributed by atoms with van der Waals surface area (Å²) < 4.78 is 7.67. The number of para-hydroxylation sites is 1. The van der Waals surface area contributed by atoms with E-state index in [4.69, 9.17) is 4.74 Å². The van der Waals surface area contributed by atoms with Crippen molar-refractivity contribution in [1.82, 2.24) is 19.8 Å². The van der Waals surface area contributed by atoms with Crippen molar-refractivity contribution in [3.05, 3.63) is 71.6 Å². The van der Waals surface area contributed by atoms with Crippen LogP contribution in [0.2, 0.25) is 0 Å². The summed E-state index contributed by atoms with van der Waals surface area (Å²) in [6, 6.07) is 14.1. The summed E-state index contributed by atoms with van der Waals surface area (Å²) in [4.78, 5) is 31.6. The van der Waals surface area contributed by atoms with Crippen molar-refractivity contribution >= 4 is 39.2 Å². The van der Waals surface area contributed by atoms with Gasteiger partial charge in [0.05, 0.1) is 12.7 Å². The lowest BCUT2D eigenvalue weighted by molar-refractivity contribution is -0.123. The second-order valence-electron chi connectivity index (χ2n) is 9.81. The summed E-state index contributed by atoms with van der Waals surface area (Å²) in [6.45, 7) is 3.87. The Bertz CT molecular complexity index is 1490. The summed E-state index contributed by atoms with van der Waals surface area (Å²) in [5.74, 6) is 0.119. The zero-order chi connectivity index (χ0) is 25.4. The molecule has 1 atom stereocenters. The molecule has 36 heavy (non-hydrogen) atoms. The topological polar surface area (TPSA) is 79.4 Å². The number of carbonyl (C=O) groups is 2. The number of hydrogen-bond acceptors (Lipinski definition) is 4. The van der Waals surface area contributed by atoms with Crippen LogP contribution in [0.5, 0.6) is 5.75 Å². The molecule has 0 saturated carbocycles. The molecule has 0 saturated heterocycles. The number of benzene rings is 2. The molecular weight excluding hydrogens is 452 g/mol. The second-order valence-corrected chi connectivity index (χ2v) is 9.81. The van der Waals surface area contributed by atoms with E-state index in [-0.39, 0.29) is 17.7 Å². The number of aryl methyl sites for hydroxylation is 1. The highest BCUT2D eigenvalue weighted by molar-refractivity contribution is 6.37. The summed E-state index contributed by atoms with van der Waals surface area (Å²) in [6.07, 6.45) is 5.46. The first-order valence-electron chi connectivity index (χ1n) is 12.3. The Morgan fingerprint density at radius 3 is 2.64 bits per heavy atom. The van der Waals surface area contributed by atoms with Gasteiger partial charge >= 0.3 is 0 Å². The fourth-order valence-corrected chi connectivity index (χ4v) is 5.23. The third kappa shape index (κ3) is 4.31. The van der Waals surface area contributed by atoms with Crippen LogP contribution >= 0.6 is 0 Å². The van der Waals surface area contributed by atoms with Crippen LogP contribution < -0.4 is 10.1 Å². The lowest BCUT2D eigenvalue weighted by Crippen LogP contribution is -2.23. The van der Waals surface area contributed by atoms with E-state index < -0.39 is 0 Å². The number of H-pyrrole nitrogens is 1. The van der Waals surface area contributed by atoms with Crippen LogP contribution in [0.15, 0.2) is 60.4 Å². The number of fused-ring (bicyclic) bond motifs is 2. The van der Waals surface area contributed by atoms with E-state index in [0.29, 0.717) is 23.3 Å². The van der Waals surface area contributed by atoms with Gasteiger partial charge in [0, 0.05) is 51.9 Å². The van der Waals surface area contributed by atoms with Gasteiger partial charge < -0.3 is 19.2 Å². The Labute approximate surface area is 210 Å². The number of methoxy groups -OCH3 is 1. The number of imide groups is 1. The molecule has 2 aromatic heterocycles. The zero-order valence-electron chi connectivity index (χ0n) is 21.2. The van der Waals surface area contributed by atoms with Gasteiger partial charge in [0.1, 0.15) is 5.75 Å². The maximum absolute atomic E-state index is 13.1. The molecule has 1 aliphatic rings. The Morgan fingerprint density at radius 1 is 1.06 bits per heavy atom. The van der Waals surface area contributed by atoms with Gasteiger partial charge in [0.2, 0.25) is 0 Å². The normalized spacial score (nSPS) is 14.9. The van der Waals surface area contributed by atoms with E-state index >= 15 is 0 Å². The number of hydrogen-bond donors (Lipinski definition) is 2. The van der Waals surface area contributed by atoms with E-state index in [1.54, 1.807) is 7.11 Å². The lowest BCUT2D eigenvalue weighted by Gasteiger charge is -2.12. The van der Waals surface area contributed by atoms with Crippen LogP contribution in [0.4, 0.5) is 0 Å². The molecule has 3 heterocycles. The van der Waals surface area contributed by atoms with Crippen molar-refractivity contribution in [2.45, 2.75) is 32.2 Å². The fraction of sp³-hybridized carbons (Fsp3) is 0.310. The van der Waals surface area contributed by atoms with Gasteiger partial charge in [-0.25, -0.2) is 0 Å². The molecule has 0 bridgehead atoms. The number of aromatic amines is 1. The lowest BCUT2D eigenvalue weighted by atomic mass is 9.90. The molecule has 4 aromatic rings. The third-order valence-electron chi connectivity index (χ3n) is 7.05. The van der Waals surface area contributed by atoms with Gasteiger partial charge in [0.15, 0.2) is 0 Å². The first kappa shape index (κ1) is 23.9. The minimum absolute atomic E-state index is 0.0470. The predicted molar refractivity (Wildman–Crippen MR) is 143 cm³/mol. The van der Waals surface area contributed by atoms with E-state index in [1.165, 1.54) is 0 Å². The van der Waals surface area contributed by atoms with Crippen molar-refractivity contribution in [3.8, 4) is 5.75 Å². The molecule has 2 aromatic carbocycles. The van der Waals surface area contributed by atoms with Gasteiger partial charge in [0.25, 0.3) is 11.8 Å². The quantitative estimate of drug-likeness (QED) is 0.338. The Kier molecular flexibility index (Phi) is 6.41. The molecule has 7 nitrogen and oxygen atoms in total. The number of carbonyl (C=O) groups excluding carboxylic acids is 2. The minimum atomic E-state index is -0.337. The van der Waals surface area contributed by atoms with Crippen molar-refractivity contribution in [2.75, 3.05) is 27.7 Å². The SMILES string of the molecule is COc1ccc2c(c1)c(C1=C(CC(C)c3c[nH]c4ccccc34)C(=O)NC1=O)cn2CCCN(C)C. The van der Waals surface area contributed by atoms with Crippen molar-refractivity contribution < 1.29 is 14.3 Å². The molecule has 1 unspecified atom stereocenters. The molecule has 2 N–H and O–H groups in total. The first-order chi connectivity index (χ1) is 17.4. The van der Waals surface area contributed by atoms with Crippen molar-refractivity contribution in [2.24, 2.45) is 0 Å². The summed E-state index contributed by atoms with van der Waals surface area (Å²) in [5.41, 5.74) is 5.00. The van der Waals surface area contributed by atoms with E-state index in [9.17, 15) is 9.59 Å².